The number of carbonyl (C=O) groups is 1. The molecule has 4 heteroatoms. The van der Waals surface area contributed by atoms with Crippen LogP contribution in [0, 0.1) is 22.7 Å². The molecule has 0 radical (unpaired) electrons. The van der Waals surface area contributed by atoms with Crippen molar-refractivity contribution in [3.05, 3.63) is 23.8 Å². The van der Waals surface area contributed by atoms with E-state index in [1.54, 1.807) is 19.9 Å². The third-order valence-electron chi connectivity index (χ3n) is 7.14. The first-order valence-corrected chi connectivity index (χ1v) is 9.16. The monoisotopic (exact) mass is 332 g/mol. The first kappa shape index (κ1) is 16.3. The SMILES string of the molecule is CC(C)(O)/C=C/C=C1/COC(=O)[C@@H]2[C@@H]1CC[C@]1(C)[C@@H]3CC[C@]21CO3. The summed E-state index contributed by atoms with van der Waals surface area (Å²) in [6.07, 6.45) is 10.3. The number of aliphatic hydroxyl groups is 1. The molecular weight excluding hydrogens is 304 g/mol. The van der Waals surface area contributed by atoms with Crippen LogP contribution in [0.15, 0.2) is 23.8 Å². The van der Waals surface area contributed by atoms with Crippen LogP contribution in [-0.2, 0) is 14.3 Å². The molecule has 5 atom stereocenters. The van der Waals surface area contributed by atoms with Crippen molar-refractivity contribution in [1.29, 1.82) is 0 Å². The molecular formula is C20H28O4. The fourth-order valence-electron chi connectivity index (χ4n) is 5.80. The van der Waals surface area contributed by atoms with Crippen molar-refractivity contribution in [2.24, 2.45) is 22.7 Å². The summed E-state index contributed by atoms with van der Waals surface area (Å²) in [5.74, 6) is 0.159. The summed E-state index contributed by atoms with van der Waals surface area (Å²) < 4.78 is 11.7. The van der Waals surface area contributed by atoms with Gasteiger partial charge in [-0.25, -0.2) is 0 Å². The number of allylic oxidation sites excluding steroid dienone is 2. The van der Waals surface area contributed by atoms with Gasteiger partial charge in [-0.05, 0) is 51.0 Å². The van der Waals surface area contributed by atoms with Gasteiger partial charge >= 0.3 is 5.97 Å². The summed E-state index contributed by atoms with van der Waals surface area (Å²) in [4.78, 5) is 12.7. The first-order valence-electron chi connectivity index (χ1n) is 9.16. The molecule has 0 aromatic carbocycles. The van der Waals surface area contributed by atoms with Gasteiger partial charge < -0.3 is 14.6 Å². The summed E-state index contributed by atoms with van der Waals surface area (Å²) in [5, 5.41) is 9.85. The molecule has 0 aromatic heterocycles. The third kappa shape index (κ3) is 2.15. The average molecular weight is 332 g/mol. The predicted molar refractivity (Wildman–Crippen MR) is 90.2 cm³/mol. The summed E-state index contributed by atoms with van der Waals surface area (Å²) in [6, 6.07) is 0. The highest BCUT2D eigenvalue weighted by atomic mass is 16.5. The number of ether oxygens (including phenoxy) is 2. The maximum atomic E-state index is 12.7. The molecule has 2 saturated carbocycles. The summed E-state index contributed by atoms with van der Waals surface area (Å²) >= 11 is 0. The van der Waals surface area contributed by atoms with Crippen molar-refractivity contribution in [3.63, 3.8) is 0 Å². The Bertz CT molecular complexity index is 604. The lowest BCUT2D eigenvalue weighted by molar-refractivity contribution is -0.168. The molecule has 4 nitrogen and oxygen atoms in total. The van der Waals surface area contributed by atoms with Crippen LogP contribution in [0.3, 0.4) is 0 Å². The molecule has 2 heterocycles. The lowest BCUT2D eigenvalue weighted by atomic mass is 9.50. The van der Waals surface area contributed by atoms with Crippen molar-refractivity contribution >= 4 is 5.97 Å². The minimum absolute atomic E-state index is 0.0271. The molecule has 4 aliphatic rings. The summed E-state index contributed by atoms with van der Waals surface area (Å²) in [6.45, 7) is 6.92. The van der Waals surface area contributed by atoms with Crippen LogP contribution in [0.4, 0.5) is 0 Å². The van der Waals surface area contributed by atoms with Crippen LogP contribution >= 0.6 is 0 Å². The van der Waals surface area contributed by atoms with Gasteiger partial charge in [0.2, 0.25) is 0 Å². The topological polar surface area (TPSA) is 55.8 Å². The molecule has 2 aliphatic heterocycles. The zero-order valence-corrected chi connectivity index (χ0v) is 14.9. The minimum Gasteiger partial charge on any atom is -0.461 e. The molecule has 0 unspecified atom stereocenters. The Morgan fingerprint density at radius 2 is 2.08 bits per heavy atom. The van der Waals surface area contributed by atoms with Crippen LogP contribution in [-0.4, -0.2) is 36.0 Å². The second kappa shape index (κ2) is 5.18. The van der Waals surface area contributed by atoms with E-state index < -0.39 is 5.60 Å². The average Bonchev–Trinajstić information content (AvgIpc) is 2.96. The fourth-order valence-corrected chi connectivity index (χ4v) is 5.80. The van der Waals surface area contributed by atoms with E-state index in [4.69, 9.17) is 9.47 Å². The maximum Gasteiger partial charge on any atom is 0.310 e. The molecule has 2 aliphatic carbocycles. The maximum absolute atomic E-state index is 12.7. The Balaban J connectivity index is 1.67. The number of carbonyl (C=O) groups excluding carboxylic acids is 1. The number of esters is 1. The first-order chi connectivity index (χ1) is 11.3. The molecule has 24 heavy (non-hydrogen) atoms. The van der Waals surface area contributed by atoms with Crippen LogP contribution in [0.1, 0.15) is 46.5 Å². The van der Waals surface area contributed by atoms with E-state index in [1.807, 2.05) is 12.2 Å². The van der Waals surface area contributed by atoms with E-state index >= 15 is 0 Å². The Labute approximate surface area is 143 Å². The molecule has 132 valence electrons. The van der Waals surface area contributed by atoms with Gasteiger partial charge in [0.25, 0.3) is 0 Å². The largest absolute Gasteiger partial charge is 0.461 e. The molecule has 4 fully saturated rings. The van der Waals surface area contributed by atoms with Gasteiger partial charge in [-0.3, -0.25) is 4.79 Å². The summed E-state index contributed by atoms with van der Waals surface area (Å²) in [7, 11) is 0. The predicted octanol–water partition coefficient (Wildman–Crippen LogP) is 3.01. The summed E-state index contributed by atoms with van der Waals surface area (Å²) in [5.41, 5.74) is 0.436. The zero-order chi connectivity index (χ0) is 17.2. The molecule has 2 saturated heterocycles. The number of hydrogen-bond donors (Lipinski definition) is 1. The van der Waals surface area contributed by atoms with Gasteiger partial charge in [0.15, 0.2) is 0 Å². The number of rotatable bonds is 2. The van der Waals surface area contributed by atoms with Crippen LogP contribution < -0.4 is 0 Å². The minimum atomic E-state index is -0.830. The lowest BCUT2D eigenvalue weighted by Gasteiger charge is -2.53. The van der Waals surface area contributed by atoms with Crippen molar-refractivity contribution in [1.82, 2.24) is 0 Å². The van der Waals surface area contributed by atoms with Gasteiger partial charge in [-0.15, -0.1) is 0 Å². The number of hydrogen-bond acceptors (Lipinski definition) is 4. The Morgan fingerprint density at radius 1 is 1.29 bits per heavy atom. The van der Waals surface area contributed by atoms with Gasteiger partial charge in [0.1, 0.15) is 6.61 Å². The van der Waals surface area contributed by atoms with E-state index in [-0.39, 0.29) is 28.6 Å². The number of cyclic esters (lactones) is 1. The highest BCUT2D eigenvalue weighted by molar-refractivity contribution is 5.77. The molecule has 0 aromatic rings. The smallest absolute Gasteiger partial charge is 0.310 e. The van der Waals surface area contributed by atoms with E-state index in [9.17, 15) is 9.90 Å². The third-order valence-corrected chi connectivity index (χ3v) is 7.14. The second-order valence-electron chi connectivity index (χ2n) is 8.90. The van der Waals surface area contributed by atoms with Crippen molar-refractivity contribution in [3.8, 4) is 0 Å². The fraction of sp³-hybridized carbons (Fsp3) is 0.750. The lowest BCUT2D eigenvalue weighted by Crippen LogP contribution is -2.55. The normalized spacial score (nSPS) is 46.2. The molecule has 2 bridgehead atoms. The van der Waals surface area contributed by atoms with Gasteiger partial charge in [-0.1, -0.05) is 25.2 Å². The van der Waals surface area contributed by atoms with Crippen LogP contribution in [0.2, 0.25) is 0 Å². The van der Waals surface area contributed by atoms with Crippen LogP contribution in [0.25, 0.3) is 0 Å². The van der Waals surface area contributed by atoms with Gasteiger partial charge in [-0.2, -0.15) is 0 Å². The van der Waals surface area contributed by atoms with Crippen molar-refractivity contribution in [2.45, 2.75) is 58.2 Å². The van der Waals surface area contributed by atoms with E-state index in [2.05, 4.69) is 6.92 Å². The van der Waals surface area contributed by atoms with Crippen molar-refractivity contribution < 1.29 is 19.4 Å². The van der Waals surface area contributed by atoms with E-state index in [1.165, 1.54) is 5.57 Å². The van der Waals surface area contributed by atoms with Crippen molar-refractivity contribution in [2.75, 3.05) is 13.2 Å². The highest BCUT2D eigenvalue weighted by Crippen LogP contribution is 2.70. The highest BCUT2D eigenvalue weighted by Gasteiger charge is 2.71. The van der Waals surface area contributed by atoms with E-state index in [0.717, 1.165) is 25.7 Å². The Morgan fingerprint density at radius 3 is 2.75 bits per heavy atom. The molecule has 4 rings (SSSR count). The van der Waals surface area contributed by atoms with Gasteiger partial charge in [0.05, 0.1) is 24.2 Å². The Kier molecular flexibility index (Phi) is 3.53. The zero-order valence-electron chi connectivity index (χ0n) is 14.9. The quantitative estimate of drug-likeness (QED) is 0.790. The standard InChI is InChI=1S/C20H28O4/c1-18(2,22)8-4-5-13-11-23-17(21)16-14(13)6-9-19(3)15-7-10-20(16,19)12-24-15/h4-5,8,14-16,22H,6-7,9-12H2,1-3H3/b8-4+,13-5-/t14-,15+,16+,19-,20+/m1/s1. The molecule has 0 amide bonds. The molecule has 1 N–H and O–H groups in total. The van der Waals surface area contributed by atoms with Gasteiger partial charge in [0, 0.05) is 10.8 Å². The number of fused-ring (bicyclic) bond motifs is 1. The second-order valence-corrected chi connectivity index (χ2v) is 8.90. The Hall–Kier alpha value is -1.13. The van der Waals surface area contributed by atoms with Crippen LogP contribution in [0.5, 0.6) is 0 Å². The van der Waals surface area contributed by atoms with E-state index in [0.29, 0.717) is 19.3 Å². The molecule has 0 spiro atoms.